The van der Waals surface area contributed by atoms with E-state index < -0.39 is 5.60 Å². The number of aromatic nitrogens is 1. The van der Waals surface area contributed by atoms with E-state index in [1.165, 1.54) is 0 Å². The SMILES string of the molecule is COc1ccc(NC2CC3CC2N(C(=O)OC(C)(C)C)C3)nc1. The Balaban J connectivity index is 1.64. The van der Waals surface area contributed by atoms with Crippen LogP contribution in [0.3, 0.4) is 0 Å². The molecule has 1 saturated carbocycles. The Labute approximate surface area is 137 Å². The van der Waals surface area contributed by atoms with E-state index in [9.17, 15) is 4.79 Å². The third-order valence-electron chi connectivity index (χ3n) is 4.42. The number of hydrogen-bond acceptors (Lipinski definition) is 5. The number of fused-ring (bicyclic) bond motifs is 2. The number of pyridine rings is 1. The van der Waals surface area contributed by atoms with Crippen molar-refractivity contribution in [3.63, 3.8) is 0 Å². The van der Waals surface area contributed by atoms with Gasteiger partial charge in [-0.1, -0.05) is 0 Å². The molecule has 6 heteroatoms. The summed E-state index contributed by atoms with van der Waals surface area (Å²) in [5.41, 5.74) is -0.459. The average molecular weight is 319 g/mol. The number of likely N-dealkylation sites (tertiary alicyclic amines) is 1. The summed E-state index contributed by atoms with van der Waals surface area (Å²) in [6.07, 6.45) is 3.59. The van der Waals surface area contributed by atoms with E-state index in [1.54, 1.807) is 13.3 Å². The quantitative estimate of drug-likeness (QED) is 0.928. The van der Waals surface area contributed by atoms with Gasteiger partial charge < -0.3 is 19.7 Å². The molecule has 3 rings (SSSR count). The zero-order valence-electron chi connectivity index (χ0n) is 14.2. The van der Waals surface area contributed by atoms with Crippen molar-refractivity contribution in [3.05, 3.63) is 18.3 Å². The van der Waals surface area contributed by atoms with Gasteiger partial charge in [0.2, 0.25) is 0 Å². The number of methoxy groups -OCH3 is 1. The fourth-order valence-electron chi connectivity index (χ4n) is 3.49. The van der Waals surface area contributed by atoms with Crippen molar-refractivity contribution in [2.75, 3.05) is 19.0 Å². The molecule has 2 bridgehead atoms. The van der Waals surface area contributed by atoms with Crippen molar-refractivity contribution in [3.8, 4) is 5.75 Å². The summed E-state index contributed by atoms with van der Waals surface area (Å²) >= 11 is 0. The molecule has 1 N–H and O–H groups in total. The van der Waals surface area contributed by atoms with Gasteiger partial charge in [0.25, 0.3) is 0 Å². The Hall–Kier alpha value is -1.98. The van der Waals surface area contributed by atoms with Crippen LogP contribution in [-0.4, -0.2) is 47.3 Å². The van der Waals surface area contributed by atoms with E-state index in [4.69, 9.17) is 9.47 Å². The maximum atomic E-state index is 12.4. The van der Waals surface area contributed by atoms with Gasteiger partial charge in [-0.05, 0) is 51.7 Å². The monoisotopic (exact) mass is 319 g/mol. The lowest BCUT2D eigenvalue weighted by molar-refractivity contribution is 0.0179. The minimum absolute atomic E-state index is 0.179. The van der Waals surface area contributed by atoms with Crippen LogP contribution in [0.1, 0.15) is 33.6 Å². The highest BCUT2D eigenvalue weighted by Crippen LogP contribution is 2.39. The first-order valence-electron chi connectivity index (χ1n) is 8.12. The number of rotatable bonds is 3. The molecule has 1 aromatic heterocycles. The molecule has 0 radical (unpaired) electrons. The lowest BCUT2D eigenvalue weighted by Crippen LogP contribution is -2.49. The number of ether oxygens (including phenoxy) is 2. The molecule has 1 aromatic rings. The molecule has 0 aromatic carbocycles. The Bertz CT molecular complexity index is 567. The van der Waals surface area contributed by atoms with Crippen molar-refractivity contribution < 1.29 is 14.3 Å². The molecule has 6 nitrogen and oxygen atoms in total. The van der Waals surface area contributed by atoms with Gasteiger partial charge in [0, 0.05) is 12.6 Å². The van der Waals surface area contributed by atoms with E-state index in [0.717, 1.165) is 31.0 Å². The molecule has 1 aliphatic carbocycles. The second kappa shape index (κ2) is 5.91. The van der Waals surface area contributed by atoms with Gasteiger partial charge in [-0.15, -0.1) is 0 Å². The largest absolute Gasteiger partial charge is 0.495 e. The van der Waals surface area contributed by atoms with Crippen molar-refractivity contribution in [1.29, 1.82) is 0 Å². The third kappa shape index (κ3) is 3.51. The van der Waals surface area contributed by atoms with Crippen LogP contribution in [0.5, 0.6) is 5.75 Å². The lowest BCUT2D eigenvalue weighted by Gasteiger charge is -2.35. The Morgan fingerprint density at radius 1 is 1.35 bits per heavy atom. The van der Waals surface area contributed by atoms with Crippen LogP contribution in [0.15, 0.2) is 18.3 Å². The Kier molecular flexibility index (Phi) is 4.08. The van der Waals surface area contributed by atoms with Crippen LogP contribution in [-0.2, 0) is 4.74 Å². The molecule has 1 amide bonds. The van der Waals surface area contributed by atoms with Crippen LogP contribution in [0.25, 0.3) is 0 Å². The number of carbonyl (C=O) groups is 1. The number of hydrogen-bond donors (Lipinski definition) is 1. The van der Waals surface area contributed by atoms with Gasteiger partial charge in [-0.25, -0.2) is 9.78 Å². The molecule has 1 saturated heterocycles. The number of piperidine rings is 1. The first kappa shape index (κ1) is 15.9. The molecule has 3 atom stereocenters. The first-order chi connectivity index (χ1) is 10.9. The van der Waals surface area contributed by atoms with Crippen LogP contribution < -0.4 is 10.1 Å². The minimum atomic E-state index is -0.459. The summed E-state index contributed by atoms with van der Waals surface area (Å²) in [7, 11) is 1.62. The van der Waals surface area contributed by atoms with Crippen molar-refractivity contribution in [2.24, 2.45) is 5.92 Å². The molecular formula is C17H25N3O3. The van der Waals surface area contributed by atoms with Gasteiger partial charge in [0.15, 0.2) is 0 Å². The topological polar surface area (TPSA) is 63.7 Å². The van der Waals surface area contributed by atoms with Crippen molar-refractivity contribution in [1.82, 2.24) is 9.88 Å². The second-order valence-electron chi connectivity index (χ2n) is 7.37. The molecular weight excluding hydrogens is 294 g/mol. The number of nitrogens with zero attached hydrogens (tertiary/aromatic N) is 2. The van der Waals surface area contributed by atoms with Crippen LogP contribution >= 0.6 is 0 Å². The van der Waals surface area contributed by atoms with Crippen LogP contribution in [0, 0.1) is 5.92 Å². The first-order valence-corrected chi connectivity index (χ1v) is 8.12. The average Bonchev–Trinajstić information content (AvgIpc) is 3.06. The Morgan fingerprint density at radius 2 is 2.13 bits per heavy atom. The third-order valence-corrected chi connectivity index (χ3v) is 4.42. The standard InChI is InChI=1S/C17H25N3O3/c1-17(2,3)23-16(21)20-10-11-7-13(14(20)8-11)19-15-6-5-12(22-4)9-18-15/h5-6,9,11,13-14H,7-8,10H2,1-4H3,(H,18,19). The summed E-state index contributed by atoms with van der Waals surface area (Å²) in [6.45, 7) is 6.50. The molecule has 2 fully saturated rings. The predicted molar refractivity (Wildman–Crippen MR) is 87.7 cm³/mol. The zero-order chi connectivity index (χ0) is 16.6. The molecule has 2 aliphatic rings. The van der Waals surface area contributed by atoms with Crippen LogP contribution in [0.2, 0.25) is 0 Å². The maximum absolute atomic E-state index is 12.4. The van der Waals surface area contributed by atoms with Gasteiger partial charge in [-0.2, -0.15) is 0 Å². The van der Waals surface area contributed by atoms with E-state index in [1.807, 2.05) is 37.8 Å². The highest BCUT2D eigenvalue weighted by Gasteiger charge is 2.48. The fraction of sp³-hybridized carbons (Fsp3) is 0.647. The van der Waals surface area contributed by atoms with Crippen LogP contribution in [0.4, 0.5) is 10.6 Å². The number of carbonyl (C=O) groups excluding carboxylic acids is 1. The summed E-state index contributed by atoms with van der Waals surface area (Å²) < 4.78 is 10.7. The molecule has 0 spiro atoms. The predicted octanol–water partition coefficient (Wildman–Crippen LogP) is 2.90. The maximum Gasteiger partial charge on any atom is 0.410 e. The summed E-state index contributed by atoms with van der Waals surface area (Å²) in [6, 6.07) is 4.19. The summed E-state index contributed by atoms with van der Waals surface area (Å²) in [5.74, 6) is 2.09. The molecule has 23 heavy (non-hydrogen) atoms. The normalized spacial score (nSPS) is 26.3. The smallest absolute Gasteiger partial charge is 0.410 e. The summed E-state index contributed by atoms with van der Waals surface area (Å²) in [5, 5.41) is 3.46. The molecule has 1 aliphatic heterocycles. The highest BCUT2D eigenvalue weighted by molar-refractivity contribution is 5.69. The lowest BCUT2D eigenvalue weighted by atomic mass is 10.1. The molecule has 2 heterocycles. The number of amides is 1. The van der Waals surface area contributed by atoms with E-state index in [0.29, 0.717) is 5.92 Å². The summed E-state index contributed by atoms with van der Waals surface area (Å²) in [4.78, 5) is 18.6. The van der Waals surface area contributed by atoms with Gasteiger partial charge >= 0.3 is 6.09 Å². The van der Waals surface area contributed by atoms with Gasteiger partial charge in [-0.3, -0.25) is 0 Å². The second-order valence-corrected chi connectivity index (χ2v) is 7.37. The van der Waals surface area contributed by atoms with Crippen molar-refractivity contribution >= 4 is 11.9 Å². The number of nitrogens with one attached hydrogen (secondary N) is 1. The molecule has 126 valence electrons. The van der Waals surface area contributed by atoms with E-state index in [-0.39, 0.29) is 18.2 Å². The molecule has 3 unspecified atom stereocenters. The van der Waals surface area contributed by atoms with Gasteiger partial charge in [0.1, 0.15) is 17.2 Å². The minimum Gasteiger partial charge on any atom is -0.495 e. The van der Waals surface area contributed by atoms with E-state index >= 15 is 0 Å². The highest BCUT2D eigenvalue weighted by atomic mass is 16.6. The fourth-order valence-corrected chi connectivity index (χ4v) is 3.49. The Morgan fingerprint density at radius 3 is 2.70 bits per heavy atom. The van der Waals surface area contributed by atoms with Crippen molar-refractivity contribution in [2.45, 2.75) is 51.3 Å². The number of anilines is 1. The van der Waals surface area contributed by atoms with Gasteiger partial charge in [0.05, 0.1) is 19.3 Å². The van der Waals surface area contributed by atoms with E-state index in [2.05, 4.69) is 10.3 Å². The zero-order valence-corrected chi connectivity index (χ0v) is 14.2.